The van der Waals surface area contributed by atoms with E-state index in [1.807, 2.05) is 35.2 Å². The maximum atomic E-state index is 12.9. The molecule has 1 atom stereocenters. The summed E-state index contributed by atoms with van der Waals surface area (Å²) < 4.78 is 6.84. The first-order valence-corrected chi connectivity index (χ1v) is 8.69. The first-order chi connectivity index (χ1) is 12.7. The van der Waals surface area contributed by atoms with Crippen molar-refractivity contribution in [3.05, 3.63) is 53.9 Å². The lowest BCUT2D eigenvalue weighted by Crippen LogP contribution is -2.39. The van der Waals surface area contributed by atoms with Gasteiger partial charge in [0.1, 0.15) is 5.75 Å². The molecule has 1 aromatic carbocycles. The maximum absolute atomic E-state index is 12.9. The second-order valence-electron chi connectivity index (χ2n) is 6.53. The van der Waals surface area contributed by atoms with Crippen molar-refractivity contribution in [1.82, 2.24) is 19.5 Å². The average molecular weight is 351 g/mol. The van der Waals surface area contributed by atoms with Crippen molar-refractivity contribution < 1.29 is 9.53 Å². The van der Waals surface area contributed by atoms with E-state index in [1.165, 1.54) is 0 Å². The van der Waals surface area contributed by atoms with Crippen molar-refractivity contribution in [3.8, 4) is 5.75 Å². The summed E-state index contributed by atoms with van der Waals surface area (Å²) in [6.07, 6.45) is 3.63. The van der Waals surface area contributed by atoms with Gasteiger partial charge in [-0.3, -0.25) is 4.79 Å². The minimum Gasteiger partial charge on any atom is -0.497 e. The molecule has 0 spiro atoms. The van der Waals surface area contributed by atoms with Crippen LogP contribution in [0.1, 0.15) is 34.8 Å². The largest absolute Gasteiger partial charge is 0.497 e. The zero-order valence-corrected chi connectivity index (χ0v) is 14.6. The van der Waals surface area contributed by atoms with E-state index < -0.39 is 0 Å². The fourth-order valence-electron chi connectivity index (χ4n) is 3.53. The molecule has 0 saturated carbocycles. The fraction of sp³-hybridized carbons (Fsp3) is 0.316. The number of nitrogens with two attached hydrogens (primary N) is 1. The number of benzene rings is 1. The molecule has 1 saturated heterocycles. The Balaban J connectivity index is 1.57. The van der Waals surface area contributed by atoms with Crippen LogP contribution >= 0.6 is 0 Å². The molecule has 134 valence electrons. The zero-order valence-electron chi connectivity index (χ0n) is 14.6. The van der Waals surface area contributed by atoms with E-state index in [0.717, 1.165) is 30.6 Å². The Hall–Kier alpha value is -3.09. The van der Waals surface area contributed by atoms with E-state index in [2.05, 4.69) is 10.1 Å². The molecular weight excluding hydrogens is 330 g/mol. The lowest BCUT2D eigenvalue weighted by molar-refractivity contribution is 0.0705. The molecule has 7 heteroatoms. The van der Waals surface area contributed by atoms with Gasteiger partial charge >= 0.3 is 0 Å². The third-order valence-corrected chi connectivity index (χ3v) is 4.87. The van der Waals surface area contributed by atoms with E-state index in [0.29, 0.717) is 23.8 Å². The van der Waals surface area contributed by atoms with Gasteiger partial charge in [0.15, 0.2) is 0 Å². The van der Waals surface area contributed by atoms with Crippen LogP contribution < -0.4 is 10.5 Å². The van der Waals surface area contributed by atoms with Gasteiger partial charge < -0.3 is 15.4 Å². The van der Waals surface area contributed by atoms with Gasteiger partial charge in [-0.25, -0.2) is 9.50 Å². The number of carbonyl (C=O) groups excluding carboxylic acids is 1. The maximum Gasteiger partial charge on any atom is 0.254 e. The quantitative estimate of drug-likeness (QED) is 0.783. The number of hydrogen-bond donors (Lipinski definition) is 1. The Labute approximate surface area is 151 Å². The second kappa shape index (κ2) is 6.67. The predicted octanol–water partition coefficient (Wildman–Crippen LogP) is 2.34. The number of fused-ring (bicyclic) bond motifs is 1. The smallest absolute Gasteiger partial charge is 0.254 e. The minimum atomic E-state index is 0.0204. The number of ether oxygens (including phenoxy) is 1. The van der Waals surface area contributed by atoms with Gasteiger partial charge in [-0.2, -0.15) is 5.10 Å². The molecule has 1 unspecified atom stereocenters. The number of carbonyl (C=O) groups is 1. The van der Waals surface area contributed by atoms with Gasteiger partial charge in [-0.1, -0.05) is 6.07 Å². The van der Waals surface area contributed by atoms with Crippen LogP contribution in [0.3, 0.4) is 0 Å². The monoisotopic (exact) mass is 351 g/mol. The van der Waals surface area contributed by atoms with Gasteiger partial charge in [-0.15, -0.1) is 0 Å². The molecule has 3 heterocycles. The highest BCUT2D eigenvalue weighted by Gasteiger charge is 2.27. The summed E-state index contributed by atoms with van der Waals surface area (Å²) in [7, 11) is 1.60. The molecule has 1 aliphatic rings. The third kappa shape index (κ3) is 2.96. The zero-order chi connectivity index (χ0) is 18.1. The van der Waals surface area contributed by atoms with Crippen LogP contribution in [-0.2, 0) is 0 Å². The molecule has 7 nitrogen and oxygen atoms in total. The summed E-state index contributed by atoms with van der Waals surface area (Å²) in [5, 5.41) is 4.16. The van der Waals surface area contributed by atoms with Gasteiger partial charge in [0.05, 0.1) is 24.5 Å². The Bertz CT molecular complexity index is 952. The number of rotatable bonds is 3. The molecule has 0 radical (unpaired) electrons. The fourth-order valence-corrected chi connectivity index (χ4v) is 3.53. The number of nitrogens with zero attached hydrogens (tertiary/aromatic N) is 4. The van der Waals surface area contributed by atoms with Crippen molar-refractivity contribution in [1.29, 1.82) is 0 Å². The van der Waals surface area contributed by atoms with Crippen LogP contribution in [0.15, 0.2) is 42.6 Å². The van der Waals surface area contributed by atoms with Crippen LogP contribution in [0.25, 0.3) is 5.52 Å². The van der Waals surface area contributed by atoms with Gasteiger partial charge in [-0.05, 0) is 43.2 Å². The highest BCUT2D eigenvalue weighted by molar-refractivity contribution is 5.94. The summed E-state index contributed by atoms with van der Waals surface area (Å²) in [5.74, 6) is 1.25. The van der Waals surface area contributed by atoms with Crippen molar-refractivity contribution in [2.45, 2.75) is 18.8 Å². The molecule has 2 N–H and O–H groups in total. The Morgan fingerprint density at radius 2 is 2.19 bits per heavy atom. The molecule has 1 aliphatic heterocycles. The van der Waals surface area contributed by atoms with Crippen LogP contribution in [0, 0.1) is 0 Å². The SMILES string of the molecule is COc1cccc(C(=O)N2CCCC(c3cc4ccnn4c(N)n3)C2)c1. The molecule has 2 aromatic heterocycles. The predicted molar refractivity (Wildman–Crippen MR) is 98.3 cm³/mol. The summed E-state index contributed by atoms with van der Waals surface area (Å²) in [6.45, 7) is 1.38. The molecule has 0 aliphatic carbocycles. The van der Waals surface area contributed by atoms with E-state index in [9.17, 15) is 4.79 Å². The van der Waals surface area contributed by atoms with E-state index >= 15 is 0 Å². The first-order valence-electron chi connectivity index (χ1n) is 8.69. The first kappa shape index (κ1) is 16.4. The minimum absolute atomic E-state index is 0.0204. The number of aromatic nitrogens is 3. The molecule has 1 fully saturated rings. The molecule has 1 amide bonds. The third-order valence-electron chi connectivity index (χ3n) is 4.87. The summed E-state index contributed by atoms with van der Waals surface area (Å²) >= 11 is 0. The number of methoxy groups -OCH3 is 1. The van der Waals surface area contributed by atoms with Crippen molar-refractivity contribution in [3.63, 3.8) is 0 Å². The second-order valence-corrected chi connectivity index (χ2v) is 6.53. The van der Waals surface area contributed by atoms with Gasteiger partial charge in [0.25, 0.3) is 5.91 Å². The van der Waals surface area contributed by atoms with Crippen LogP contribution in [0.5, 0.6) is 5.75 Å². The number of anilines is 1. The topological polar surface area (TPSA) is 85.8 Å². The standard InChI is InChI=1S/C19H21N5O2/c1-26-16-6-2-4-13(10-16)18(25)23-9-3-5-14(12-23)17-11-15-7-8-21-24(15)19(20)22-17/h2,4,6-8,10-11,14H,3,5,9,12H2,1H3,(H2,20,22). The number of amides is 1. The lowest BCUT2D eigenvalue weighted by atomic mass is 9.93. The van der Waals surface area contributed by atoms with Gasteiger partial charge in [0.2, 0.25) is 5.95 Å². The number of likely N-dealkylation sites (tertiary alicyclic amines) is 1. The number of hydrogen-bond acceptors (Lipinski definition) is 5. The normalized spacial score (nSPS) is 17.4. The lowest BCUT2D eigenvalue weighted by Gasteiger charge is -2.32. The Morgan fingerprint density at radius 1 is 1.31 bits per heavy atom. The van der Waals surface area contributed by atoms with Crippen LogP contribution in [0.2, 0.25) is 0 Å². The van der Waals surface area contributed by atoms with Crippen molar-refractivity contribution >= 4 is 17.4 Å². The molecule has 3 aromatic rings. The van der Waals surface area contributed by atoms with Crippen molar-refractivity contribution in [2.75, 3.05) is 25.9 Å². The van der Waals surface area contributed by atoms with E-state index in [-0.39, 0.29) is 11.8 Å². The molecule has 0 bridgehead atoms. The Kier molecular flexibility index (Phi) is 4.20. The highest BCUT2D eigenvalue weighted by Crippen LogP contribution is 2.28. The van der Waals surface area contributed by atoms with Gasteiger partial charge in [0, 0.05) is 24.6 Å². The summed E-state index contributed by atoms with van der Waals surface area (Å²) in [5.41, 5.74) is 8.50. The highest BCUT2D eigenvalue weighted by atomic mass is 16.5. The molecule has 26 heavy (non-hydrogen) atoms. The number of nitrogen functional groups attached to an aromatic ring is 1. The summed E-state index contributed by atoms with van der Waals surface area (Å²) in [4.78, 5) is 19.3. The molecular formula is C19H21N5O2. The van der Waals surface area contributed by atoms with Crippen LogP contribution in [0.4, 0.5) is 5.95 Å². The van der Waals surface area contributed by atoms with Crippen LogP contribution in [-0.4, -0.2) is 45.6 Å². The average Bonchev–Trinajstić information content (AvgIpc) is 3.17. The van der Waals surface area contributed by atoms with E-state index in [4.69, 9.17) is 10.5 Å². The van der Waals surface area contributed by atoms with E-state index in [1.54, 1.807) is 23.9 Å². The van der Waals surface area contributed by atoms with Crippen molar-refractivity contribution in [2.24, 2.45) is 0 Å². The number of piperidine rings is 1. The summed E-state index contributed by atoms with van der Waals surface area (Å²) in [6, 6.07) is 11.2. The molecule has 4 rings (SSSR count). The Morgan fingerprint density at radius 3 is 3.04 bits per heavy atom.